The lowest BCUT2D eigenvalue weighted by Crippen LogP contribution is -2.41. The summed E-state index contributed by atoms with van der Waals surface area (Å²) in [7, 11) is 0. The first kappa shape index (κ1) is 41.3. The zero-order valence-corrected chi connectivity index (χ0v) is 38.3. The van der Waals surface area contributed by atoms with Gasteiger partial charge in [-0.05, 0) is 132 Å². The van der Waals surface area contributed by atoms with Crippen molar-refractivity contribution >= 4 is 45.2 Å². The number of aliphatic hydroxyl groups excluding tert-OH is 1. The molecule has 2 aliphatic carbocycles. The van der Waals surface area contributed by atoms with Crippen LogP contribution in [0.25, 0.3) is 27.5 Å². The van der Waals surface area contributed by atoms with Crippen LogP contribution in [0.15, 0.2) is 83.8 Å². The minimum Gasteiger partial charge on any atom is -0.396 e. The van der Waals surface area contributed by atoms with Gasteiger partial charge in [-0.1, -0.05) is 11.2 Å². The number of fused-ring (bicyclic) bond motifs is 3. The van der Waals surface area contributed by atoms with E-state index in [4.69, 9.17) is 15.7 Å². The second-order valence-electron chi connectivity index (χ2n) is 19.7. The number of amides is 1. The molecule has 3 aromatic carbocycles. The lowest BCUT2D eigenvalue weighted by Gasteiger charge is -2.35. The number of aryl methyl sites for hydroxylation is 2. The maximum Gasteiger partial charge on any atom is 0.271 e. The van der Waals surface area contributed by atoms with Crippen LogP contribution in [0.3, 0.4) is 0 Å². The zero-order chi connectivity index (χ0) is 47.8. The third-order valence-electron chi connectivity index (χ3n) is 15.0. The van der Waals surface area contributed by atoms with Gasteiger partial charge in [0.25, 0.3) is 5.91 Å². The first-order chi connectivity index (χ1) is 33.2. The SMILES string of the molecule is [2H]c1nc([C@]2(n3c(C(=O)N4CCc5nn(-c6cc(C)c(F)c(C)c6)c(N6C=CN(c7ccc8c(cnn8C8CC8)c7F)C6=C=O)c5[C@@H]4C)cc4cc([C@H]5CCOC(C)(C)C5)ccc43)C[C@@H]2CO)no1. The fourth-order valence-electron chi connectivity index (χ4n) is 11.4. The van der Waals surface area contributed by atoms with Crippen LogP contribution < -0.4 is 9.80 Å². The molecule has 5 aliphatic rings. The summed E-state index contributed by atoms with van der Waals surface area (Å²) in [5.41, 5.74) is 4.26. The largest absolute Gasteiger partial charge is 0.396 e. The molecule has 3 fully saturated rings. The maximum absolute atomic E-state index is 16.6. The van der Waals surface area contributed by atoms with E-state index in [1.54, 1.807) is 58.9 Å². The van der Waals surface area contributed by atoms with Gasteiger partial charge in [0.05, 0.1) is 51.9 Å². The molecule has 12 rings (SSSR count). The molecule has 15 nitrogen and oxygen atoms in total. The van der Waals surface area contributed by atoms with Gasteiger partial charge in [-0.3, -0.25) is 19.3 Å². The van der Waals surface area contributed by atoms with Gasteiger partial charge in [-0.2, -0.15) is 15.2 Å². The van der Waals surface area contributed by atoms with E-state index >= 15 is 13.6 Å². The highest BCUT2D eigenvalue weighted by atomic mass is 19.1. The standard InChI is InChI=1S/C51H50F2N10O5/c1-28-18-36(19-29(2)45(28)52)63-47(60-16-15-59(43(60)26-65)41-11-10-40-37(46(41)53)24-55-62(40)35-7-8-35)44-30(3)58(14-12-38(44)56-63)48(66)42-21-33-20-31(32-13-17-67-50(4,5)22-32)6-9-39(33)61(42)51(23-34(51)25-64)49-54-27-68-57-49/h6,9-11,15-16,18-21,24,27,30,32,34-35,64H,7-8,12-14,17,22-23,25H2,1-5H3/t30-,32-,34+,51-/m0/s1/i27D. The van der Waals surface area contributed by atoms with Gasteiger partial charge < -0.3 is 23.8 Å². The summed E-state index contributed by atoms with van der Waals surface area (Å²) in [5, 5.41) is 25.7. The Morgan fingerprint density at radius 3 is 2.49 bits per heavy atom. The number of benzene rings is 3. The van der Waals surface area contributed by atoms with Gasteiger partial charge in [0.15, 0.2) is 17.6 Å². The molecule has 2 saturated carbocycles. The summed E-state index contributed by atoms with van der Waals surface area (Å²) in [6.45, 7) is 10.1. The van der Waals surface area contributed by atoms with E-state index in [0.717, 1.165) is 42.1 Å². The second kappa shape index (κ2) is 15.3. The highest BCUT2D eigenvalue weighted by Crippen LogP contribution is 2.56. The van der Waals surface area contributed by atoms with Crippen LogP contribution in [-0.4, -0.2) is 81.5 Å². The average Bonchev–Trinajstić information content (AvgIpc) is 3.90. The summed E-state index contributed by atoms with van der Waals surface area (Å²) in [6, 6.07) is 14.5. The molecule has 0 bridgehead atoms. The Hall–Kier alpha value is -6.94. The Labute approximate surface area is 391 Å². The van der Waals surface area contributed by atoms with Crippen molar-refractivity contribution in [2.75, 3.05) is 29.6 Å². The Balaban J connectivity index is 0.977. The number of aliphatic hydroxyl groups is 1. The molecule has 4 aromatic heterocycles. The van der Waals surface area contributed by atoms with E-state index in [-0.39, 0.29) is 72.1 Å². The predicted molar refractivity (Wildman–Crippen MR) is 248 cm³/mol. The molecule has 0 spiro atoms. The fraction of sp³-hybridized carbons (Fsp3) is 0.392. The summed E-state index contributed by atoms with van der Waals surface area (Å²) in [5.74, 6) is 1.31. The van der Waals surface area contributed by atoms with Crippen molar-refractivity contribution in [2.24, 2.45) is 5.92 Å². The van der Waals surface area contributed by atoms with Gasteiger partial charge in [0.2, 0.25) is 12.2 Å². The van der Waals surface area contributed by atoms with Crippen molar-refractivity contribution in [1.82, 2.24) is 39.2 Å². The third-order valence-corrected chi connectivity index (χ3v) is 15.0. The minimum atomic E-state index is -1.08. The molecule has 3 aliphatic heterocycles. The zero-order valence-electron chi connectivity index (χ0n) is 39.3. The van der Waals surface area contributed by atoms with Crippen LogP contribution in [0, 0.1) is 31.4 Å². The average molecular weight is 922 g/mol. The highest BCUT2D eigenvalue weighted by molar-refractivity contribution is 6.00. The Morgan fingerprint density at radius 1 is 1.00 bits per heavy atom. The van der Waals surface area contributed by atoms with Gasteiger partial charge in [-0.15, -0.1) is 0 Å². The van der Waals surface area contributed by atoms with Crippen molar-refractivity contribution < 1.29 is 34.1 Å². The highest BCUT2D eigenvalue weighted by Gasteiger charge is 2.61. The van der Waals surface area contributed by atoms with Crippen molar-refractivity contribution in [3.63, 3.8) is 0 Å². The van der Waals surface area contributed by atoms with E-state index in [0.29, 0.717) is 69.9 Å². The smallest absolute Gasteiger partial charge is 0.271 e. The number of anilines is 2. The molecule has 1 N–H and O–H groups in total. The molecule has 348 valence electrons. The number of hydrogen-bond donors (Lipinski definition) is 1. The van der Waals surface area contributed by atoms with E-state index in [2.05, 4.69) is 47.2 Å². The molecule has 1 amide bonds. The number of aromatic nitrogens is 7. The molecule has 0 unspecified atom stereocenters. The second-order valence-corrected chi connectivity index (χ2v) is 19.7. The number of nitrogens with zero attached hydrogens (tertiary/aromatic N) is 10. The van der Waals surface area contributed by atoms with Crippen LogP contribution in [-0.2, 0) is 21.5 Å². The van der Waals surface area contributed by atoms with Crippen molar-refractivity contribution in [2.45, 2.75) is 102 Å². The number of rotatable bonds is 9. The van der Waals surface area contributed by atoms with Gasteiger partial charge >= 0.3 is 0 Å². The Morgan fingerprint density at radius 2 is 1.78 bits per heavy atom. The van der Waals surface area contributed by atoms with Gasteiger partial charge in [-0.25, -0.2) is 18.3 Å². The molecule has 7 aromatic rings. The topological polar surface area (TPSA) is 153 Å². The lowest BCUT2D eigenvalue weighted by atomic mass is 9.83. The van der Waals surface area contributed by atoms with Gasteiger partial charge in [0.1, 0.15) is 24.2 Å². The van der Waals surface area contributed by atoms with Gasteiger partial charge in [0, 0.05) is 61.0 Å². The maximum atomic E-state index is 16.6. The van der Waals surface area contributed by atoms with Crippen molar-refractivity contribution in [3.8, 4) is 5.69 Å². The van der Waals surface area contributed by atoms with E-state index in [1.807, 2.05) is 34.4 Å². The van der Waals surface area contributed by atoms with E-state index in [9.17, 15) is 9.90 Å². The predicted octanol–water partition coefficient (Wildman–Crippen LogP) is 8.45. The summed E-state index contributed by atoms with van der Waals surface area (Å²) in [4.78, 5) is 38.2. The third kappa shape index (κ3) is 6.35. The number of carbonyl (C=O) groups excluding carboxylic acids is 2. The van der Waals surface area contributed by atoms with E-state index in [1.165, 1.54) is 11.1 Å². The first-order valence-electron chi connectivity index (χ1n) is 23.8. The minimum absolute atomic E-state index is 0.0403. The van der Waals surface area contributed by atoms with Crippen molar-refractivity contribution in [3.05, 3.63) is 130 Å². The molecule has 17 heteroatoms. The fourth-order valence-corrected chi connectivity index (χ4v) is 11.4. The first-order valence-corrected chi connectivity index (χ1v) is 23.3. The molecule has 0 radical (unpaired) electrons. The van der Waals surface area contributed by atoms with Crippen molar-refractivity contribution in [1.29, 1.82) is 0 Å². The number of ether oxygens (including phenoxy) is 1. The van der Waals surface area contributed by atoms with Crippen LogP contribution >= 0.6 is 0 Å². The molecular weight excluding hydrogens is 871 g/mol. The number of halogens is 2. The van der Waals surface area contributed by atoms with Crippen LogP contribution in [0.2, 0.25) is 0 Å². The normalized spacial score (nSPS) is 23.5. The summed E-state index contributed by atoms with van der Waals surface area (Å²) in [6.07, 6.45) is 8.76. The van der Waals surface area contributed by atoms with Crippen LogP contribution in [0.1, 0.15) is 117 Å². The summed E-state index contributed by atoms with van der Waals surface area (Å²) >= 11 is 0. The number of hydrogen-bond acceptors (Lipinski definition) is 11. The Bertz CT molecular complexity index is 3360. The molecule has 68 heavy (non-hydrogen) atoms. The Kier molecular flexibility index (Phi) is 9.28. The molecule has 1 saturated heterocycles. The quantitative estimate of drug-likeness (QED) is 0.139. The molecule has 7 heterocycles. The lowest BCUT2D eigenvalue weighted by molar-refractivity contribution is -0.0592. The molecular formula is C51H50F2N10O5. The summed E-state index contributed by atoms with van der Waals surface area (Å²) < 4.78 is 56.7. The van der Waals surface area contributed by atoms with E-state index < -0.39 is 17.4 Å². The van der Waals surface area contributed by atoms with Crippen LogP contribution in [0.5, 0.6) is 0 Å². The number of carbonyl (C=O) groups is 1. The van der Waals surface area contributed by atoms with Crippen LogP contribution in [0.4, 0.5) is 20.3 Å². The monoisotopic (exact) mass is 921 g/mol. The molecule has 4 atom stereocenters.